The topological polar surface area (TPSA) is 76.9 Å². The van der Waals surface area contributed by atoms with Crippen molar-refractivity contribution in [1.29, 1.82) is 0 Å². The average molecular weight is 434 g/mol. The van der Waals surface area contributed by atoms with Crippen LogP contribution in [-0.4, -0.2) is 42.6 Å². The number of hydrogen-bond donors (Lipinski definition) is 1. The number of rotatable bonds is 10. The van der Waals surface area contributed by atoms with Crippen LogP contribution >= 0.6 is 11.6 Å². The molecule has 1 aliphatic heterocycles. The van der Waals surface area contributed by atoms with Crippen molar-refractivity contribution in [1.82, 2.24) is 10.2 Å². The molecule has 0 amide bonds. The summed E-state index contributed by atoms with van der Waals surface area (Å²) in [5.74, 6) is 1.15. The second-order valence-corrected chi connectivity index (χ2v) is 7.77. The van der Waals surface area contributed by atoms with Gasteiger partial charge in [0.15, 0.2) is 11.5 Å². The molecule has 1 heterocycles. The van der Waals surface area contributed by atoms with E-state index < -0.39 is 4.92 Å². The standard InChI is InChI=1S/C22H28ClN3O4/c1-3-25-10-4-5-19(25)14-24-13-17-11-21(29-2)22(12-20(17)23)30-15-16-6-8-18(9-7-16)26(27)28/h6-9,11-12,19,24H,3-5,10,13-15H2,1-2H3. The molecule has 1 unspecified atom stereocenters. The highest BCUT2D eigenvalue weighted by Gasteiger charge is 2.22. The van der Waals surface area contributed by atoms with Crippen LogP contribution in [0.5, 0.6) is 11.5 Å². The number of nitrogens with zero attached hydrogens (tertiary/aromatic N) is 2. The zero-order valence-electron chi connectivity index (χ0n) is 17.4. The fourth-order valence-corrected chi connectivity index (χ4v) is 4.00. The van der Waals surface area contributed by atoms with E-state index in [1.165, 1.54) is 31.5 Å². The number of nitro groups is 1. The summed E-state index contributed by atoms with van der Waals surface area (Å²) in [5.41, 5.74) is 1.83. The first-order chi connectivity index (χ1) is 14.5. The molecule has 1 N–H and O–H groups in total. The first-order valence-electron chi connectivity index (χ1n) is 10.2. The van der Waals surface area contributed by atoms with Gasteiger partial charge >= 0.3 is 0 Å². The van der Waals surface area contributed by atoms with Crippen LogP contribution < -0.4 is 14.8 Å². The summed E-state index contributed by atoms with van der Waals surface area (Å²) in [6, 6.07) is 10.5. The van der Waals surface area contributed by atoms with Gasteiger partial charge in [0.1, 0.15) is 6.61 Å². The van der Waals surface area contributed by atoms with Crippen LogP contribution in [0.25, 0.3) is 0 Å². The zero-order chi connectivity index (χ0) is 21.5. The van der Waals surface area contributed by atoms with Crippen LogP contribution in [0.3, 0.4) is 0 Å². The smallest absolute Gasteiger partial charge is 0.269 e. The molecule has 1 aliphatic rings. The molecule has 0 saturated carbocycles. The summed E-state index contributed by atoms with van der Waals surface area (Å²) >= 11 is 6.49. The van der Waals surface area contributed by atoms with E-state index in [-0.39, 0.29) is 12.3 Å². The third kappa shape index (κ3) is 5.62. The number of likely N-dealkylation sites (tertiary alicyclic amines) is 1. The lowest BCUT2D eigenvalue weighted by molar-refractivity contribution is -0.384. The maximum Gasteiger partial charge on any atom is 0.269 e. The average Bonchev–Trinajstić information content (AvgIpc) is 3.21. The van der Waals surface area contributed by atoms with E-state index in [4.69, 9.17) is 21.1 Å². The molecule has 30 heavy (non-hydrogen) atoms. The predicted molar refractivity (Wildman–Crippen MR) is 117 cm³/mol. The molecule has 0 bridgehead atoms. The molecule has 162 valence electrons. The van der Waals surface area contributed by atoms with Gasteiger partial charge < -0.3 is 14.8 Å². The molecule has 0 aromatic heterocycles. The number of nitrogens with one attached hydrogen (secondary N) is 1. The quantitative estimate of drug-likeness (QED) is 0.441. The van der Waals surface area contributed by atoms with E-state index in [1.807, 2.05) is 6.07 Å². The Bertz CT molecular complexity index is 860. The number of hydrogen-bond acceptors (Lipinski definition) is 6. The molecule has 2 aromatic rings. The van der Waals surface area contributed by atoms with E-state index in [0.29, 0.717) is 29.1 Å². The van der Waals surface area contributed by atoms with Crippen LogP contribution in [0.2, 0.25) is 5.02 Å². The molecule has 2 aromatic carbocycles. The van der Waals surface area contributed by atoms with Crippen molar-refractivity contribution in [2.45, 2.75) is 39.0 Å². The predicted octanol–water partition coefficient (Wildman–Crippen LogP) is 4.41. The zero-order valence-corrected chi connectivity index (χ0v) is 18.2. The van der Waals surface area contributed by atoms with Gasteiger partial charge in [0.2, 0.25) is 0 Å². The maximum absolute atomic E-state index is 10.8. The molecule has 7 nitrogen and oxygen atoms in total. The van der Waals surface area contributed by atoms with Gasteiger partial charge in [0.05, 0.1) is 12.0 Å². The molecular formula is C22H28ClN3O4. The minimum atomic E-state index is -0.424. The number of likely N-dealkylation sites (N-methyl/N-ethyl adjacent to an activating group) is 1. The van der Waals surface area contributed by atoms with Crippen LogP contribution in [-0.2, 0) is 13.2 Å². The molecule has 1 atom stereocenters. The Morgan fingerprint density at radius 1 is 1.27 bits per heavy atom. The molecule has 0 spiro atoms. The van der Waals surface area contributed by atoms with Crippen molar-refractivity contribution in [2.24, 2.45) is 0 Å². The molecule has 1 fully saturated rings. The Morgan fingerprint density at radius 3 is 2.70 bits per heavy atom. The third-order valence-corrected chi connectivity index (χ3v) is 5.83. The fraction of sp³-hybridized carbons (Fsp3) is 0.455. The normalized spacial score (nSPS) is 16.6. The highest BCUT2D eigenvalue weighted by molar-refractivity contribution is 6.31. The minimum Gasteiger partial charge on any atom is -0.493 e. The lowest BCUT2D eigenvalue weighted by Crippen LogP contribution is -2.37. The second kappa shape index (κ2) is 10.6. The summed E-state index contributed by atoms with van der Waals surface area (Å²) in [4.78, 5) is 12.8. The highest BCUT2D eigenvalue weighted by atomic mass is 35.5. The van der Waals surface area contributed by atoms with Crippen LogP contribution in [0, 0.1) is 10.1 Å². The Kier molecular flexibility index (Phi) is 7.90. The van der Waals surface area contributed by atoms with E-state index in [1.54, 1.807) is 25.3 Å². The summed E-state index contributed by atoms with van der Waals surface area (Å²) in [6.07, 6.45) is 2.49. The number of nitro benzene ring substituents is 1. The largest absolute Gasteiger partial charge is 0.493 e. The van der Waals surface area contributed by atoms with Crippen molar-refractivity contribution in [3.05, 3.63) is 62.7 Å². The van der Waals surface area contributed by atoms with Crippen molar-refractivity contribution >= 4 is 17.3 Å². The van der Waals surface area contributed by atoms with E-state index in [2.05, 4.69) is 17.1 Å². The highest BCUT2D eigenvalue weighted by Crippen LogP contribution is 2.34. The molecule has 3 rings (SSSR count). The number of ether oxygens (including phenoxy) is 2. The SMILES string of the molecule is CCN1CCCC1CNCc1cc(OC)c(OCc2ccc([N+](=O)[O-])cc2)cc1Cl. The Hall–Kier alpha value is -2.35. The Labute approximate surface area is 182 Å². The lowest BCUT2D eigenvalue weighted by Gasteiger charge is -2.23. The van der Waals surface area contributed by atoms with Crippen LogP contribution in [0.15, 0.2) is 36.4 Å². The summed E-state index contributed by atoms with van der Waals surface area (Å²) < 4.78 is 11.3. The number of non-ortho nitro benzene ring substituents is 1. The molecule has 8 heteroatoms. The van der Waals surface area contributed by atoms with Gasteiger partial charge in [-0.3, -0.25) is 15.0 Å². The third-order valence-electron chi connectivity index (χ3n) is 5.47. The number of methoxy groups -OCH3 is 1. The monoisotopic (exact) mass is 433 g/mol. The van der Waals surface area contributed by atoms with Gasteiger partial charge in [0.25, 0.3) is 5.69 Å². The Balaban J connectivity index is 1.59. The number of halogens is 1. The van der Waals surface area contributed by atoms with Gasteiger partial charge in [-0.2, -0.15) is 0 Å². The van der Waals surface area contributed by atoms with E-state index in [0.717, 1.165) is 24.2 Å². The lowest BCUT2D eigenvalue weighted by atomic mass is 10.1. The van der Waals surface area contributed by atoms with Gasteiger partial charge in [-0.15, -0.1) is 0 Å². The van der Waals surface area contributed by atoms with Crippen molar-refractivity contribution in [3.8, 4) is 11.5 Å². The Morgan fingerprint density at radius 2 is 2.03 bits per heavy atom. The summed E-state index contributed by atoms with van der Waals surface area (Å²) in [6.45, 7) is 6.32. The van der Waals surface area contributed by atoms with Gasteiger partial charge in [0, 0.05) is 42.4 Å². The first-order valence-corrected chi connectivity index (χ1v) is 10.6. The maximum atomic E-state index is 10.8. The van der Waals surface area contributed by atoms with Crippen molar-refractivity contribution < 1.29 is 14.4 Å². The molecule has 1 saturated heterocycles. The number of benzene rings is 2. The summed E-state index contributed by atoms with van der Waals surface area (Å²) in [7, 11) is 1.59. The minimum absolute atomic E-state index is 0.0517. The van der Waals surface area contributed by atoms with Gasteiger partial charge in [-0.05, 0) is 55.3 Å². The van der Waals surface area contributed by atoms with Crippen LogP contribution in [0.4, 0.5) is 5.69 Å². The van der Waals surface area contributed by atoms with E-state index >= 15 is 0 Å². The molecule has 0 aliphatic carbocycles. The fourth-order valence-electron chi connectivity index (χ4n) is 3.78. The van der Waals surface area contributed by atoms with Crippen molar-refractivity contribution in [3.63, 3.8) is 0 Å². The van der Waals surface area contributed by atoms with E-state index in [9.17, 15) is 10.1 Å². The second-order valence-electron chi connectivity index (χ2n) is 7.36. The van der Waals surface area contributed by atoms with Gasteiger partial charge in [-0.1, -0.05) is 18.5 Å². The van der Waals surface area contributed by atoms with Gasteiger partial charge in [-0.25, -0.2) is 0 Å². The summed E-state index contributed by atoms with van der Waals surface area (Å²) in [5, 5.41) is 14.9. The molecule has 0 radical (unpaired) electrons. The van der Waals surface area contributed by atoms with Crippen molar-refractivity contribution in [2.75, 3.05) is 26.7 Å². The van der Waals surface area contributed by atoms with Crippen LogP contribution in [0.1, 0.15) is 30.9 Å². The molecular weight excluding hydrogens is 406 g/mol. The first kappa shape index (κ1) is 22.3.